The van der Waals surface area contributed by atoms with Crippen molar-refractivity contribution in [3.05, 3.63) is 35.4 Å². The number of methoxy groups -OCH3 is 1. The zero-order valence-corrected chi connectivity index (χ0v) is 9.57. The van der Waals surface area contributed by atoms with Crippen LogP contribution in [0.5, 0.6) is 5.75 Å². The fourth-order valence-corrected chi connectivity index (χ4v) is 1.47. The number of hydrogen-bond donors (Lipinski definition) is 0. The van der Waals surface area contributed by atoms with Gasteiger partial charge in [0, 0.05) is 23.6 Å². The van der Waals surface area contributed by atoms with E-state index in [1.54, 1.807) is 19.5 Å². The molecule has 2 rings (SSSR count). The van der Waals surface area contributed by atoms with Gasteiger partial charge < -0.3 is 4.74 Å². The molecule has 1 heterocycles. The van der Waals surface area contributed by atoms with E-state index in [1.165, 1.54) is 0 Å². The SMILES string of the molecule is COc1ccccc1C=C1C=NC(=S)N=C1. The van der Waals surface area contributed by atoms with Gasteiger partial charge in [0.25, 0.3) is 0 Å². The number of nitrogens with zero attached hydrogens (tertiary/aromatic N) is 2. The molecule has 0 saturated carbocycles. The van der Waals surface area contributed by atoms with Crippen molar-refractivity contribution in [3.8, 4) is 5.75 Å². The van der Waals surface area contributed by atoms with E-state index in [-0.39, 0.29) is 0 Å². The summed E-state index contributed by atoms with van der Waals surface area (Å²) in [5.41, 5.74) is 1.89. The van der Waals surface area contributed by atoms with Crippen molar-refractivity contribution < 1.29 is 4.74 Å². The van der Waals surface area contributed by atoms with Crippen LogP contribution in [0.1, 0.15) is 5.56 Å². The number of allylic oxidation sites excluding steroid dienone is 1. The van der Waals surface area contributed by atoms with Gasteiger partial charge >= 0.3 is 0 Å². The zero-order valence-electron chi connectivity index (χ0n) is 8.75. The predicted octanol–water partition coefficient (Wildman–Crippen LogP) is 2.52. The second kappa shape index (κ2) is 4.81. The van der Waals surface area contributed by atoms with Gasteiger partial charge in [-0.1, -0.05) is 18.2 Å². The highest BCUT2D eigenvalue weighted by atomic mass is 32.1. The van der Waals surface area contributed by atoms with Crippen LogP contribution >= 0.6 is 12.2 Å². The summed E-state index contributed by atoms with van der Waals surface area (Å²) in [7, 11) is 1.65. The lowest BCUT2D eigenvalue weighted by atomic mass is 10.1. The molecule has 0 bridgehead atoms. The van der Waals surface area contributed by atoms with Gasteiger partial charge in [0.2, 0.25) is 5.11 Å². The van der Waals surface area contributed by atoms with Crippen molar-refractivity contribution in [2.45, 2.75) is 0 Å². The minimum Gasteiger partial charge on any atom is -0.496 e. The molecule has 0 N–H and O–H groups in total. The summed E-state index contributed by atoms with van der Waals surface area (Å²) in [6.45, 7) is 0. The van der Waals surface area contributed by atoms with Crippen LogP contribution in [0.2, 0.25) is 0 Å². The standard InChI is InChI=1S/C12H10N2OS/c1-15-11-5-3-2-4-10(11)6-9-7-13-12(16)14-8-9/h2-8H,1H3. The smallest absolute Gasteiger partial charge is 0.219 e. The molecule has 80 valence electrons. The average Bonchev–Trinajstić information content (AvgIpc) is 2.33. The molecule has 0 amide bonds. The second-order valence-corrected chi connectivity index (χ2v) is 3.55. The third-order valence-electron chi connectivity index (χ3n) is 2.11. The minimum absolute atomic E-state index is 0.358. The summed E-state index contributed by atoms with van der Waals surface area (Å²) in [4.78, 5) is 7.92. The van der Waals surface area contributed by atoms with Gasteiger partial charge in [0.1, 0.15) is 5.75 Å². The number of benzene rings is 1. The van der Waals surface area contributed by atoms with Gasteiger partial charge in [-0.3, -0.25) is 0 Å². The maximum absolute atomic E-state index is 5.25. The Morgan fingerprint density at radius 3 is 2.56 bits per heavy atom. The van der Waals surface area contributed by atoms with E-state index in [1.807, 2.05) is 30.3 Å². The molecular weight excluding hydrogens is 220 g/mol. The lowest BCUT2D eigenvalue weighted by molar-refractivity contribution is 0.414. The molecule has 0 atom stereocenters. The van der Waals surface area contributed by atoms with Crippen LogP contribution in [-0.2, 0) is 0 Å². The van der Waals surface area contributed by atoms with E-state index >= 15 is 0 Å². The zero-order chi connectivity index (χ0) is 11.4. The Hall–Kier alpha value is -1.81. The normalized spacial score (nSPS) is 14.1. The van der Waals surface area contributed by atoms with E-state index in [2.05, 4.69) is 9.98 Å². The van der Waals surface area contributed by atoms with Crippen LogP contribution in [0.25, 0.3) is 6.08 Å². The van der Waals surface area contributed by atoms with Crippen LogP contribution in [0.15, 0.2) is 39.8 Å². The fourth-order valence-electron chi connectivity index (χ4n) is 1.37. The molecule has 1 aromatic carbocycles. The number of ether oxygens (including phenoxy) is 1. The Morgan fingerprint density at radius 2 is 1.88 bits per heavy atom. The number of rotatable bonds is 2. The van der Waals surface area contributed by atoms with E-state index in [4.69, 9.17) is 17.0 Å². The van der Waals surface area contributed by atoms with Crippen molar-refractivity contribution in [1.29, 1.82) is 0 Å². The molecule has 0 aliphatic carbocycles. The molecule has 0 saturated heterocycles. The van der Waals surface area contributed by atoms with E-state index < -0.39 is 0 Å². The van der Waals surface area contributed by atoms with Gasteiger partial charge in [0.05, 0.1) is 7.11 Å². The summed E-state index contributed by atoms with van der Waals surface area (Å²) in [6, 6.07) is 7.77. The Bertz CT molecular complexity index is 485. The third kappa shape index (κ3) is 2.41. The Kier molecular flexibility index (Phi) is 3.22. The van der Waals surface area contributed by atoms with Crippen LogP contribution in [-0.4, -0.2) is 24.7 Å². The predicted molar refractivity (Wildman–Crippen MR) is 70.6 cm³/mol. The third-order valence-corrected chi connectivity index (χ3v) is 2.32. The number of aliphatic imine (C=N–C) groups is 2. The van der Waals surface area contributed by atoms with Crippen molar-refractivity contribution in [2.24, 2.45) is 9.98 Å². The molecule has 0 unspecified atom stereocenters. The monoisotopic (exact) mass is 230 g/mol. The molecule has 1 aromatic rings. The quantitative estimate of drug-likeness (QED) is 0.731. The molecule has 0 spiro atoms. The Labute approximate surface area is 99.2 Å². The molecule has 0 fully saturated rings. The first-order chi connectivity index (χ1) is 7.79. The molecule has 4 heteroatoms. The lowest BCUT2D eigenvalue weighted by Crippen LogP contribution is -1.99. The van der Waals surface area contributed by atoms with E-state index in [0.717, 1.165) is 16.9 Å². The van der Waals surface area contributed by atoms with Gasteiger partial charge in [-0.15, -0.1) is 0 Å². The summed E-state index contributed by atoms with van der Waals surface area (Å²) in [5, 5.41) is 0.358. The van der Waals surface area contributed by atoms with Gasteiger partial charge in [0.15, 0.2) is 0 Å². The van der Waals surface area contributed by atoms with Crippen molar-refractivity contribution >= 4 is 35.8 Å². The Morgan fingerprint density at radius 1 is 1.19 bits per heavy atom. The molecule has 1 aliphatic heterocycles. The first kappa shape index (κ1) is 10.7. The largest absolute Gasteiger partial charge is 0.496 e. The molecular formula is C12H10N2OS. The number of hydrogen-bond acceptors (Lipinski definition) is 2. The molecule has 1 aliphatic rings. The van der Waals surface area contributed by atoms with Crippen LogP contribution in [0, 0.1) is 0 Å². The fraction of sp³-hybridized carbons (Fsp3) is 0.0833. The molecule has 3 nitrogen and oxygen atoms in total. The second-order valence-electron chi connectivity index (χ2n) is 3.19. The highest BCUT2D eigenvalue weighted by Crippen LogP contribution is 2.20. The van der Waals surface area contributed by atoms with Crippen molar-refractivity contribution in [3.63, 3.8) is 0 Å². The maximum atomic E-state index is 5.25. The number of para-hydroxylation sites is 1. The topological polar surface area (TPSA) is 34.0 Å². The summed E-state index contributed by atoms with van der Waals surface area (Å²) >= 11 is 4.82. The first-order valence-electron chi connectivity index (χ1n) is 4.76. The minimum atomic E-state index is 0.358. The van der Waals surface area contributed by atoms with Gasteiger partial charge in [-0.2, -0.15) is 0 Å². The first-order valence-corrected chi connectivity index (χ1v) is 5.17. The highest BCUT2D eigenvalue weighted by Gasteiger charge is 2.02. The number of thiocarbonyl (C=S) groups is 1. The molecule has 0 radical (unpaired) electrons. The Balaban J connectivity index is 2.33. The average molecular weight is 230 g/mol. The van der Waals surface area contributed by atoms with Crippen molar-refractivity contribution in [2.75, 3.05) is 7.11 Å². The van der Waals surface area contributed by atoms with Crippen molar-refractivity contribution in [1.82, 2.24) is 0 Å². The summed E-state index contributed by atoms with van der Waals surface area (Å²) in [5.74, 6) is 0.824. The molecule has 16 heavy (non-hydrogen) atoms. The van der Waals surface area contributed by atoms with E-state index in [0.29, 0.717) is 5.11 Å². The van der Waals surface area contributed by atoms with Gasteiger partial charge in [-0.25, -0.2) is 9.98 Å². The highest BCUT2D eigenvalue weighted by molar-refractivity contribution is 7.80. The van der Waals surface area contributed by atoms with Gasteiger partial charge in [-0.05, 0) is 24.4 Å². The van der Waals surface area contributed by atoms with E-state index in [9.17, 15) is 0 Å². The lowest BCUT2D eigenvalue weighted by Gasteiger charge is -2.05. The van der Waals surface area contributed by atoms with Crippen LogP contribution < -0.4 is 4.74 Å². The maximum Gasteiger partial charge on any atom is 0.219 e. The van der Waals surface area contributed by atoms with Crippen LogP contribution in [0.4, 0.5) is 0 Å². The summed E-state index contributed by atoms with van der Waals surface area (Å²) < 4.78 is 5.25. The molecule has 0 aromatic heterocycles. The summed E-state index contributed by atoms with van der Waals surface area (Å²) in [6.07, 6.45) is 5.34. The van der Waals surface area contributed by atoms with Crippen LogP contribution in [0.3, 0.4) is 0 Å².